The average Bonchev–Trinajstić information content (AvgIpc) is 2.30. The van der Waals surface area contributed by atoms with Gasteiger partial charge in [0, 0.05) is 18.6 Å². The van der Waals surface area contributed by atoms with Gasteiger partial charge in [-0.3, -0.25) is 0 Å². The number of rotatable bonds is 5. The van der Waals surface area contributed by atoms with Gasteiger partial charge in [-0.1, -0.05) is 19.9 Å². The van der Waals surface area contributed by atoms with Gasteiger partial charge in [0.05, 0.1) is 4.47 Å². The van der Waals surface area contributed by atoms with Crippen molar-refractivity contribution in [3.05, 3.63) is 34.1 Å². The monoisotopic (exact) mass is 302 g/mol. The summed E-state index contributed by atoms with van der Waals surface area (Å²) >= 11 is 3.14. The molecule has 4 heteroatoms. The van der Waals surface area contributed by atoms with Gasteiger partial charge in [-0.25, -0.2) is 4.39 Å². The summed E-state index contributed by atoms with van der Waals surface area (Å²) in [6, 6.07) is 5.16. The van der Waals surface area contributed by atoms with Gasteiger partial charge in [-0.15, -0.1) is 0 Å². The Bertz CT molecular complexity index is 382. The highest BCUT2D eigenvalue weighted by atomic mass is 79.9. The third kappa shape index (κ3) is 3.76. The Hall–Kier alpha value is -0.450. The van der Waals surface area contributed by atoms with Crippen molar-refractivity contribution in [1.82, 2.24) is 5.32 Å². The van der Waals surface area contributed by atoms with Crippen LogP contribution in [0.15, 0.2) is 22.7 Å². The van der Waals surface area contributed by atoms with E-state index in [1.54, 1.807) is 6.07 Å². The Morgan fingerprint density at radius 2 is 2.12 bits per heavy atom. The number of hydrogen-bond donors (Lipinski definition) is 2. The van der Waals surface area contributed by atoms with Crippen LogP contribution in [0.5, 0.6) is 0 Å². The lowest BCUT2D eigenvalue weighted by Crippen LogP contribution is -2.52. The topological polar surface area (TPSA) is 38.0 Å². The maximum Gasteiger partial charge on any atom is 0.137 e. The molecule has 1 unspecified atom stereocenters. The molecular weight excluding hydrogens is 283 g/mol. The molecule has 0 spiro atoms. The third-order valence-corrected chi connectivity index (χ3v) is 4.02. The van der Waals surface area contributed by atoms with Crippen LogP contribution in [0, 0.1) is 11.7 Å². The van der Waals surface area contributed by atoms with E-state index in [-0.39, 0.29) is 11.4 Å². The van der Waals surface area contributed by atoms with E-state index in [0.717, 1.165) is 5.56 Å². The van der Waals surface area contributed by atoms with E-state index in [9.17, 15) is 4.39 Å². The van der Waals surface area contributed by atoms with Crippen LogP contribution in [-0.4, -0.2) is 12.1 Å². The summed E-state index contributed by atoms with van der Waals surface area (Å²) in [5, 5.41) is 3.40. The Balaban J connectivity index is 2.69. The van der Waals surface area contributed by atoms with Crippen molar-refractivity contribution in [3.8, 4) is 0 Å². The lowest BCUT2D eigenvalue weighted by Gasteiger charge is -2.33. The van der Waals surface area contributed by atoms with Crippen molar-refractivity contribution >= 4 is 15.9 Å². The molecule has 0 radical (unpaired) electrons. The van der Waals surface area contributed by atoms with E-state index < -0.39 is 0 Å². The highest BCUT2D eigenvalue weighted by Gasteiger charge is 2.25. The molecule has 0 aliphatic heterocycles. The van der Waals surface area contributed by atoms with Crippen molar-refractivity contribution in [3.63, 3.8) is 0 Å². The van der Waals surface area contributed by atoms with E-state index in [2.05, 4.69) is 42.0 Å². The van der Waals surface area contributed by atoms with Gasteiger partial charge in [0.1, 0.15) is 5.82 Å². The molecule has 1 atom stereocenters. The van der Waals surface area contributed by atoms with Gasteiger partial charge in [-0.05, 0) is 46.5 Å². The fourth-order valence-corrected chi connectivity index (χ4v) is 1.71. The molecule has 17 heavy (non-hydrogen) atoms. The number of benzene rings is 1. The van der Waals surface area contributed by atoms with E-state index in [0.29, 0.717) is 23.5 Å². The van der Waals surface area contributed by atoms with Crippen LogP contribution in [0.3, 0.4) is 0 Å². The summed E-state index contributed by atoms with van der Waals surface area (Å²) in [4.78, 5) is 0. The first-order valence-electron chi connectivity index (χ1n) is 5.78. The van der Waals surface area contributed by atoms with Gasteiger partial charge in [0.25, 0.3) is 0 Å². The minimum absolute atomic E-state index is 0.121. The van der Waals surface area contributed by atoms with E-state index >= 15 is 0 Å². The molecule has 0 fully saturated rings. The minimum Gasteiger partial charge on any atom is -0.329 e. The Labute approximate surface area is 111 Å². The predicted octanol–water partition coefficient (Wildman–Crippen LogP) is 3.05. The van der Waals surface area contributed by atoms with E-state index in [4.69, 9.17) is 5.73 Å². The van der Waals surface area contributed by atoms with E-state index in [1.807, 2.05) is 6.07 Å². The molecule has 0 saturated heterocycles. The summed E-state index contributed by atoms with van der Waals surface area (Å²) in [6.45, 7) is 7.52. The van der Waals surface area contributed by atoms with Crippen LogP contribution >= 0.6 is 15.9 Å². The van der Waals surface area contributed by atoms with Crippen molar-refractivity contribution in [2.24, 2.45) is 11.7 Å². The summed E-state index contributed by atoms with van der Waals surface area (Å²) in [5.74, 6) is 0.191. The van der Waals surface area contributed by atoms with Crippen LogP contribution < -0.4 is 11.1 Å². The molecular formula is C13H20BrFN2. The molecule has 3 N–H and O–H groups in total. The molecule has 1 aromatic carbocycles. The molecule has 0 amide bonds. The Kier molecular flexibility index (Phi) is 5.10. The van der Waals surface area contributed by atoms with Gasteiger partial charge >= 0.3 is 0 Å². The minimum atomic E-state index is -0.233. The van der Waals surface area contributed by atoms with Crippen LogP contribution in [0.1, 0.15) is 26.3 Å². The molecule has 0 heterocycles. The highest BCUT2D eigenvalue weighted by molar-refractivity contribution is 9.10. The SMILES string of the molecule is CC(C)C(C)(CN)NCc1ccc(Br)c(F)c1. The highest BCUT2D eigenvalue weighted by Crippen LogP contribution is 2.19. The third-order valence-electron chi connectivity index (χ3n) is 3.38. The maximum atomic E-state index is 13.3. The van der Waals surface area contributed by atoms with Crippen LogP contribution in [-0.2, 0) is 6.54 Å². The Morgan fingerprint density at radius 1 is 1.47 bits per heavy atom. The second kappa shape index (κ2) is 5.94. The molecule has 0 aliphatic rings. The summed E-state index contributed by atoms with van der Waals surface area (Å²) in [6.07, 6.45) is 0. The first kappa shape index (κ1) is 14.6. The van der Waals surface area contributed by atoms with Crippen molar-refractivity contribution in [2.45, 2.75) is 32.9 Å². The van der Waals surface area contributed by atoms with Gasteiger partial charge in [0.15, 0.2) is 0 Å². The summed E-state index contributed by atoms with van der Waals surface area (Å²) in [7, 11) is 0. The second-order valence-electron chi connectivity index (χ2n) is 4.88. The van der Waals surface area contributed by atoms with Crippen LogP contribution in [0.25, 0.3) is 0 Å². The smallest absolute Gasteiger partial charge is 0.137 e. The summed E-state index contributed by atoms with van der Waals surface area (Å²) in [5.41, 5.74) is 6.58. The normalized spacial score (nSPS) is 15.0. The lowest BCUT2D eigenvalue weighted by atomic mass is 9.88. The second-order valence-corrected chi connectivity index (χ2v) is 5.73. The number of nitrogens with two attached hydrogens (primary N) is 1. The van der Waals surface area contributed by atoms with Crippen molar-refractivity contribution in [2.75, 3.05) is 6.54 Å². The van der Waals surface area contributed by atoms with Gasteiger partial charge in [0.2, 0.25) is 0 Å². The van der Waals surface area contributed by atoms with Gasteiger partial charge in [-0.2, -0.15) is 0 Å². The number of hydrogen-bond acceptors (Lipinski definition) is 2. The first-order valence-corrected chi connectivity index (χ1v) is 6.57. The number of nitrogens with one attached hydrogen (secondary N) is 1. The first-order chi connectivity index (χ1) is 7.89. The molecule has 0 aromatic heterocycles. The molecule has 0 aliphatic carbocycles. The standard InChI is InChI=1S/C13H20BrFN2/c1-9(2)13(3,8-16)17-7-10-4-5-11(14)12(15)6-10/h4-6,9,17H,7-8,16H2,1-3H3. The fraction of sp³-hybridized carbons (Fsp3) is 0.538. The zero-order valence-electron chi connectivity index (χ0n) is 10.6. The maximum absolute atomic E-state index is 13.3. The molecule has 1 rings (SSSR count). The fourth-order valence-electron chi connectivity index (χ4n) is 1.47. The predicted molar refractivity (Wildman–Crippen MR) is 73.2 cm³/mol. The molecule has 0 saturated carbocycles. The molecule has 2 nitrogen and oxygen atoms in total. The number of halogens is 2. The van der Waals surface area contributed by atoms with Crippen molar-refractivity contribution < 1.29 is 4.39 Å². The molecule has 96 valence electrons. The zero-order valence-corrected chi connectivity index (χ0v) is 12.1. The van der Waals surface area contributed by atoms with Crippen LogP contribution in [0.2, 0.25) is 0 Å². The van der Waals surface area contributed by atoms with E-state index in [1.165, 1.54) is 6.07 Å². The molecule has 0 bridgehead atoms. The largest absolute Gasteiger partial charge is 0.329 e. The lowest BCUT2D eigenvalue weighted by molar-refractivity contribution is 0.267. The zero-order chi connectivity index (χ0) is 13.1. The van der Waals surface area contributed by atoms with Crippen molar-refractivity contribution in [1.29, 1.82) is 0 Å². The molecule has 1 aromatic rings. The quantitative estimate of drug-likeness (QED) is 0.877. The average molecular weight is 303 g/mol. The summed E-state index contributed by atoms with van der Waals surface area (Å²) < 4.78 is 13.8. The Morgan fingerprint density at radius 3 is 2.59 bits per heavy atom. The van der Waals surface area contributed by atoms with Gasteiger partial charge < -0.3 is 11.1 Å². The van der Waals surface area contributed by atoms with Crippen LogP contribution in [0.4, 0.5) is 4.39 Å².